The molecule has 5 aromatic rings. The summed E-state index contributed by atoms with van der Waals surface area (Å²) in [6.45, 7) is 0.276. The first-order chi connectivity index (χ1) is 19.1. The van der Waals surface area contributed by atoms with Gasteiger partial charge in [-0.3, -0.25) is 4.79 Å². The number of amides is 1. The van der Waals surface area contributed by atoms with Gasteiger partial charge in [0.25, 0.3) is 5.91 Å². The second kappa shape index (κ2) is 11.6. The van der Waals surface area contributed by atoms with E-state index < -0.39 is 5.91 Å². The number of hydrogen-bond acceptors (Lipinski definition) is 10. The van der Waals surface area contributed by atoms with E-state index in [1.807, 2.05) is 30.3 Å². The molecule has 3 aromatic carbocycles. The summed E-state index contributed by atoms with van der Waals surface area (Å²) in [7, 11) is 0. The first-order valence-electron chi connectivity index (χ1n) is 11.7. The minimum absolute atomic E-state index is 0.00725. The van der Waals surface area contributed by atoms with Crippen molar-refractivity contribution >= 4 is 23.6 Å². The number of nitrogens with one attached hydrogen (secondary N) is 2. The number of nitrogen functional groups attached to an aromatic ring is 1. The molecule has 0 saturated heterocycles. The Bertz CT molecular complexity index is 1580. The van der Waals surface area contributed by atoms with Gasteiger partial charge in [0.05, 0.1) is 18.5 Å². The highest BCUT2D eigenvalue weighted by atomic mass is 19.1. The van der Waals surface area contributed by atoms with Crippen molar-refractivity contribution in [2.24, 2.45) is 5.10 Å². The number of nitrogens with zero attached hydrogens (tertiary/aromatic N) is 6. The number of carbonyl (C=O) groups is 1. The van der Waals surface area contributed by atoms with Gasteiger partial charge >= 0.3 is 0 Å². The number of hydrazone groups is 1. The number of carbonyl (C=O) groups excluding carboxylic acids is 1. The maximum absolute atomic E-state index is 13.8. The van der Waals surface area contributed by atoms with E-state index in [-0.39, 0.29) is 36.3 Å². The van der Waals surface area contributed by atoms with E-state index in [0.29, 0.717) is 22.6 Å². The largest absolute Gasteiger partial charge is 0.489 e. The molecule has 0 fully saturated rings. The minimum Gasteiger partial charge on any atom is -0.489 e. The Morgan fingerprint density at radius 1 is 1.05 bits per heavy atom. The number of hydrogen-bond donors (Lipinski definition) is 3. The van der Waals surface area contributed by atoms with Crippen molar-refractivity contribution in [2.45, 2.75) is 13.2 Å². The van der Waals surface area contributed by atoms with Gasteiger partial charge in [0.15, 0.2) is 5.69 Å². The molecule has 13 heteroatoms. The number of para-hydroxylation sites is 1. The van der Waals surface area contributed by atoms with Crippen LogP contribution in [0.2, 0.25) is 0 Å². The van der Waals surface area contributed by atoms with Gasteiger partial charge in [-0.1, -0.05) is 41.6 Å². The number of nitrogens with two attached hydrogens (primary N) is 1. The van der Waals surface area contributed by atoms with Crippen LogP contribution in [-0.2, 0) is 13.2 Å². The van der Waals surface area contributed by atoms with Crippen LogP contribution in [0.25, 0.3) is 5.82 Å². The normalized spacial score (nSPS) is 11.0. The lowest BCUT2D eigenvalue weighted by atomic mass is 10.2. The van der Waals surface area contributed by atoms with Crippen LogP contribution in [0.5, 0.6) is 5.75 Å². The predicted molar refractivity (Wildman–Crippen MR) is 140 cm³/mol. The van der Waals surface area contributed by atoms with Gasteiger partial charge in [0.1, 0.15) is 18.2 Å². The van der Waals surface area contributed by atoms with Crippen LogP contribution < -0.4 is 21.2 Å². The van der Waals surface area contributed by atoms with Crippen LogP contribution in [0, 0.1) is 5.82 Å². The van der Waals surface area contributed by atoms with Gasteiger partial charge < -0.3 is 15.8 Å². The highest BCUT2D eigenvalue weighted by Gasteiger charge is 2.23. The summed E-state index contributed by atoms with van der Waals surface area (Å²) >= 11 is 0. The number of aromatic nitrogens is 5. The average Bonchev–Trinajstić information content (AvgIpc) is 3.58. The summed E-state index contributed by atoms with van der Waals surface area (Å²) in [5.41, 5.74) is 10.6. The third-order valence-electron chi connectivity index (χ3n) is 5.52. The molecule has 0 spiro atoms. The molecule has 2 aromatic heterocycles. The zero-order chi connectivity index (χ0) is 27.0. The monoisotopic (exact) mass is 527 g/mol. The summed E-state index contributed by atoms with van der Waals surface area (Å²) in [4.78, 5) is 12.9. The van der Waals surface area contributed by atoms with E-state index >= 15 is 0 Å². The summed E-state index contributed by atoms with van der Waals surface area (Å²) < 4.78 is 25.3. The van der Waals surface area contributed by atoms with Crippen LogP contribution in [0.1, 0.15) is 27.3 Å². The summed E-state index contributed by atoms with van der Waals surface area (Å²) in [6.07, 6.45) is 1.46. The molecule has 0 aliphatic rings. The molecular formula is C26H22FN9O3. The lowest BCUT2D eigenvalue weighted by molar-refractivity contribution is 0.0949. The SMILES string of the molecule is Nc1nonc1-n1nnc(C(=O)N/N=C/c2ccc(OCc3ccccc3F)cc2)c1CNc1ccccc1. The van der Waals surface area contributed by atoms with Crippen molar-refractivity contribution in [1.29, 1.82) is 0 Å². The summed E-state index contributed by atoms with van der Waals surface area (Å²) in [5, 5.41) is 22.5. The fourth-order valence-electron chi connectivity index (χ4n) is 3.53. The molecule has 0 bridgehead atoms. The van der Waals surface area contributed by atoms with E-state index in [2.05, 4.69) is 41.1 Å². The molecule has 196 valence electrons. The average molecular weight is 528 g/mol. The Morgan fingerprint density at radius 3 is 2.56 bits per heavy atom. The number of ether oxygens (including phenoxy) is 1. The second-order valence-electron chi connectivity index (χ2n) is 8.14. The Balaban J connectivity index is 1.25. The molecule has 0 unspecified atom stereocenters. The molecule has 4 N–H and O–H groups in total. The van der Waals surface area contributed by atoms with E-state index in [4.69, 9.17) is 10.5 Å². The van der Waals surface area contributed by atoms with Crippen LogP contribution >= 0.6 is 0 Å². The molecule has 0 aliphatic heterocycles. The maximum Gasteiger partial charge on any atom is 0.293 e. The Hall–Kier alpha value is -5.59. The van der Waals surface area contributed by atoms with E-state index in [0.717, 1.165) is 5.69 Å². The second-order valence-corrected chi connectivity index (χ2v) is 8.14. The molecule has 1 amide bonds. The molecule has 12 nitrogen and oxygen atoms in total. The first-order valence-corrected chi connectivity index (χ1v) is 11.7. The lowest BCUT2D eigenvalue weighted by Crippen LogP contribution is -2.21. The fraction of sp³-hybridized carbons (Fsp3) is 0.0769. The fourth-order valence-corrected chi connectivity index (χ4v) is 3.53. The maximum atomic E-state index is 13.8. The minimum atomic E-state index is -0.595. The van der Waals surface area contributed by atoms with Crippen molar-refractivity contribution in [3.05, 3.63) is 107 Å². The molecule has 0 radical (unpaired) electrons. The Kier molecular flexibility index (Phi) is 7.48. The van der Waals surface area contributed by atoms with Crippen molar-refractivity contribution < 1.29 is 18.6 Å². The van der Waals surface area contributed by atoms with E-state index in [1.165, 1.54) is 17.0 Å². The molecular weight excluding hydrogens is 505 g/mol. The summed E-state index contributed by atoms with van der Waals surface area (Å²) in [6, 6.07) is 22.8. The number of rotatable bonds is 10. The van der Waals surface area contributed by atoms with Crippen molar-refractivity contribution in [3.8, 4) is 11.6 Å². The molecule has 39 heavy (non-hydrogen) atoms. The zero-order valence-electron chi connectivity index (χ0n) is 20.4. The Morgan fingerprint density at radius 2 is 1.82 bits per heavy atom. The lowest BCUT2D eigenvalue weighted by Gasteiger charge is -2.08. The van der Waals surface area contributed by atoms with Crippen molar-refractivity contribution in [1.82, 2.24) is 30.7 Å². The summed E-state index contributed by atoms with van der Waals surface area (Å²) in [5.74, 6) is -0.257. The number of anilines is 2. The van der Waals surface area contributed by atoms with Gasteiger partial charge in [-0.25, -0.2) is 14.4 Å². The van der Waals surface area contributed by atoms with Gasteiger partial charge in [0, 0.05) is 11.3 Å². The van der Waals surface area contributed by atoms with Crippen molar-refractivity contribution in [2.75, 3.05) is 11.1 Å². The van der Waals surface area contributed by atoms with E-state index in [9.17, 15) is 9.18 Å². The molecule has 2 heterocycles. The van der Waals surface area contributed by atoms with Crippen LogP contribution in [0.4, 0.5) is 15.9 Å². The number of halogens is 1. The zero-order valence-corrected chi connectivity index (χ0v) is 20.4. The molecule has 5 rings (SSSR count). The highest BCUT2D eigenvalue weighted by Crippen LogP contribution is 2.18. The van der Waals surface area contributed by atoms with E-state index in [1.54, 1.807) is 42.5 Å². The molecule has 0 aliphatic carbocycles. The smallest absolute Gasteiger partial charge is 0.293 e. The van der Waals surface area contributed by atoms with Crippen LogP contribution in [0.15, 0.2) is 88.6 Å². The Labute approximate surface area is 221 Å². The molecule has 0 atom stereocenters. The van der Waals surface area contributed by atoms with Gasteiger partial charge in [-0.15, -0.1) is 5.10 Å². The highest BCUT2D eigenvalue weighted by molar-refractivity contribution is 5.94. The van der Waals surface area contributed by atoms with Gasteiger partial charge in [-0.05, 0) is 58.3 Å². The number of benzene rings is 3. The topological polar surface area (TPSA) is 158 Å². The van der Waals surface area contributed by atoms with Gasteiger partial charge in [0.2, 0.25) is 11.6 Å². The third kappa shape index (κ3) is 6.05. The first kappa shape index (κ1) is 25.1. The van der Waals surface area contributed by atoms with Crippen LogP contribution in [-0.4, -0.2) is 37.4 Å². The van der Waals surface area contributed by atoms with Crippen LogP contribution in [0.3, 0.4) is 0 Å². The van der Waals surface area contributed by atoms with Crippen molar-refractivity contribution in [3.63, 3.8) is 0 Å². The standard InChI is InChI=1S/C26H22FN9O3/c27-21-9-5-4-6-18(21)16-38-20-12-10-17(11-13-20)14-30-32-26(37)23-22(15-29-19-7-2-1-3-8-19)36(35-31-23)25-24(28)33-39-34-25/h1-14,29H,15-16H2,(H2,28,33)(H,32,37)/b30-14+. The van der Waals surface area contributed by atoms with Gasteiger partial charge in [-0.2, -0.15) is 9.78 Å². The molecule has 0 saturated carbocycles. The third-order valence-corrected chi connectivity index (χ3v) is 5.52. The quantitative estimate of drug-likeness (QED) is 0.183. The predicted octanol–water partition coefficient (Wildman–Crippen LogP) is 3.33.